The third-order valence-corrected chi connectivity index (χ3v) is 2.25. The molecular weight excluding hydrogens is 243 g/mol. The van der Waals surface area contributed by atoms with E-state index in [0.717, 1.165) is 16.7 Å². The van der Waals surface area contributed by atoms with Crippen LogP contribution in [0.2, 0.25) is 0 Å². The van der Waals surface area contributed by atoms with Crippen LogP contribution < -0.4 is 0 Å². The van der Waals surface area contributed by atoms with E-state index in [0.29, 0.717) is 0 Å². The summed E-state index contributed by atoms with van der Waals surface area (Å²) in [6.07, 6.45) is 1.17. The molecule has 0 N–H and O–H groups in total. The van der Waals surface area contributed by atoms with Crippen molar-refractivity contribution in [1.29, 1.82) is 0 Å². The predicted molar refractivity (Wildman–Crippen MR) is 50.8 cm³/mol. The van der Waals surface area contributed by atoms with Crippen LogP contribution in [-0.2, 0) is 5.88 Å². The third-order valence-electron chi connectivity index (χ3n) is 2.01. The lowest BCUT2D eigenvalue weighted by molar-refractivity contribution is 0.444. The number of nitrogens with zero attached hydrogens (tertiary/aromatic N) is 3. The number of halogens is 4. The topological polar surface area (TPSA) is 30.7 Å². The fourth-order valence-electron chi connectivity index (χ4n) is 1.25. The molecule has 0 aliphatic carbocycles. The zero-order valence-corrected chi connectivity index (χ0v) is 8.55. The van der Waals surface area contributed by atoms with Crippen molar-refractivity contribution in [2.45, 2.75) is 5.88 Å². The maximum absolute atomic E-state index is 13.4. The van der Waals surface area contributed by atoms with Crippen molar-refractivity contribution < 1.29 is 13.2 Å². The minimum Gasteiger partial charge on any atom is -0.281 e. The average Bonchev–Trinajstić information content (AvgIpc) is 2.74. The second kappa shape index (κ2) is 4.13. The lowest BCUT2D eigenvalue weighted by Gasteiger charge is -2.06. The first-order valence-electron chi connectivity index (χ1n) is 4.24. The number of hydrogen-bond donors (Lipinski definition) is 0. The van der Waals surface area contributed by atoms with E-state index >= 15 is 0 Å². The summed E-state index contributed by atoms with van der Waals surface area (Å²) >= 11 is 5.53. The van der Waals surface area contributed by atoms with E-state index < -0.39 is 17.5 Å². The summed E-state index contributed by atoms with van der Waals surface area (Å²) in [6.45, 7) is 0. The van der Waals surface area contributed by atoms with Crippen LogP contribution in [0.25, 0.3) is 5.69 Å². The minimum absolute atomic E-state index is 0.0154. The maximum atomic E-state index is 13.4. The van der Waals surface area contributed by atoms with Crippen LogP contribution in [0.1, 0.15) is 5.82 Å². The fraction of sp³-hybridized carbons (Fsp3) is 0.111. The Bertz CT molecular complexity index is 527. The monoisotopic (exact) mass is 247 g/mol. The molecule has 0 amide bonds. The Morgan fingerprint density at radius 2 is 1.94 bits per heavy atom. The van der Waals surface area contributed by atoms with Crippen LogP contribution in [0.3, 0.4) is 0 Å². The zero-order chi connectivity index (χ0) is 11.7. The molecule has 0 unspecified atom stereocenters. The molecule has 0 spiro atoms. The Balaban J connectivity index is 2.61. The Morgan fingerprint density at radius 1 is 1.19 bits per heavy atom. The summed E-state index contributed by atoms with van der Waals surface area (Å²) in [5.41, 5.74) is -0.181. The van der Waals surface area contributed by atoms with Crippen molar-refractivity contribution in [2.24, 2.45) is 0 Å². The fourth-order valence-corrected chi connectivity index (χ4v) is 1.44. The normalized spacial score (nSPS) is 10.8. The van der Waals surface area contributed by atoms with Crippen LogP contribution in [0.4, 0.5) is 13.2 Å². The molecule has 7 heteroatoms. The van der Waals surface area contributed by atoms with Crippen molar-refractivity contribution in [3.05, 3.63) is 41.7 Å². The zero-order valence-electron chi connectivity index (χ0n) is 7.79. The van der Waals surface area contributed by atoms with Gasteiger partial charge in [-0.05, 0) is 12.1 Å². The minimum atomic E-state index is -1.54. The smallest absolute Gasteiger partial charge is 0.196 e. The summed E-state index contributed by atoms with van der Waals surface area (Å²) < 4.78 is 40.2. The molecule has 0 saturated heterocycles. The Labute approximate surface area is 93.5 Å². The Morgan fingerprint density at radius 3 is 2.62 bits per heavy atom. The number of alkyl halides is 1. The van der Waals surface area contributed by atoms with Gasteiger partial charge in [0.2, 0.25) is 0 Å². The SMILES string of the molecule is Fc1ccc(-n2cnnc2CCl)c(F)c1F. The van der Waals surface area contributed by atoms with Gasteiger partial charge in [0, 0.05) is 0 Å². The van der Waals surface area contributed by atoms with E-state index in [-0.39, 0.29) is 17.4 Å². The molecule has 2 aromatic rings. The maximum Gasteiger partial charge on any atom is 0.196 e. The molecule has 0 fully saturated rings. The first kappa shape index (κ1) is 10.9. The van der Waals surface area contributed by atoms with Crippen molar-refractivity contribution in [3.8, 4) is 5.69 Å². The van der Waals surface area contributed by atoms with Crippen molar-refractivity contribution in [3.63, 3.8) is 0 Å². The highest BCUT2D eigenvalue weighted by molar-refractivity contribution is 6.16. The van der Waals surface area contributed by atoms with Gasteiger partial charge in [-0.3, -0.25) is 4.57 Å². The molecule has 0 atom stereocenters. The van der Waals surface area contributed by atoms with E-state index in [4.69, 9.17) is 11.6 Å². The second-order valence-corrected chi connectivity index (χ2v) is 3.21. The van der Waals surface area contributed by atoms with Gasteiger partial charge in [0.05, 0.1) is 11.6 Å². The van der Waals surface area contributed by atoms with Crippen LogP contribution >= 0.6 is 11.6 Å². The third kappa shape index (κ3) is 1.65. The van der Waals surface area contributed by atoms with Gasteiger partial charge in [-0.25, -0.2) is 13.2 Å². The summed E-state index contributed by atoms with van der Waals surface area (Å²) in [5, 5.41) is 7.11. The van der Waals surface area contributed by atoms with Crippen molar-refractivity contribution in [1.82, 2.24) is 14.8 Å². The van der Waals surface area contributed by atoms with Crippen LogP contribution in [-0.4, -0.2) is 14.8 Å². The van der Waals surface area contributed by atoms with Gasteiger partial charge in [0.15, 0.2) is 23.3 Å². The van der Waals surface area contributed by atoms with Gasteiger partial charge in [0.25, 0.3) is 0 Å². The predicted octanol–water partition coefficient (Wildman–Crippen LogP) is 2.42. The van der Waals surface area contributed by atoms with E-state index in [1.54, 1.807) is 0 Å². The van der Waals surface area contributed by atoms with Crippen LogP contribution in [0.5, 0.6) is 0 Å². The molecule has 0 saturated carbocycles. The van der Waals surface area contributed by atoms with Gasteiger partial charge in [-0.1, -0.05) is 0 Å². The molecule has 1 aromatic heterocycles. The summed E-state index contributed by atoms with van der Waals surface area (Å²) in [4.78, 5) is 0. The molecule has 1 aromatic carbocycles. The summed E-state index contributed by atoms with van der Waals surface area (Å²) in [5.74, 6) is -3.86. The quantitative estimate of drug-likeness (QED) is 0.603. The number of aromatic nitrogens is 3. The highest BCUT2D eigenvalue weighted by atomic mass is 35.5. The Hall–Kier alpha value is -1.56. The molecule has 0 aliphatic rings. The molecule has 1 heterocycles. The van der Waals surface area contributed by atoms with E-state index in [1.165, 1.54) is 6.33 Å². The van der Waals surface area contributed by atoms with Gasteiger partial charge in [0.1, 0.15) is 6.33 Å². The molecule has 0 bridgehead atoms. The molecule has 16 heavy (non-hydrogen) atoms. The highest BCUT2D eigenvalue weighted by Crippen LogP contribution is 2.20. The first-order chi connectivity index (χ1) is 7.65. The Kier molecular flexibility index (Phi) is 2.82. The van der Waals surface area contributed by atoms with E-state index in [2.05, 4.69) is 10.2 Å². The molecule has 0 radical (unpaired) electrons. The van der Waals surface area contributed by atoms with E-state index in [9.17, 15) is 13.2 Å². The van der Waals surface area contributed by atoms with Gasteiger partial charge in [-0.15, -0.1) is 21.8 Å². The standard InChI is InChI=1S/C9H5ClF3N3/c10-3-7-15-14-4-16(7)6-2-1-5(11)8(12)9(6)13/h1-2,4H,3H2. The van der Waals surface area contributed by atoms with Crippen molar-refractivity contribution in [2.75, 3.05) is 0 Å². The lowest BCUT2D eigenvalue weighted by Crippen LogP contribution is -2.04. The molecule has 84 valence electrons. The average molecular weight is 248 g/mol. The molecular formula is C9H5ClF3N3. The number of benzene rings is 1. The summed E-state index contributed by atoms with van der Waals surface area (Å²) in [6, 6.07) is 1.92. The largest absolute Gasteiger partial charge is 0.281 e. The van der Waals surface area contributed by atoms with Gasteiger partial charge in [-0.2, -0.15) is 0 Å². The molecule has 0 aliphatic heterocycles. The molecule has 3 nitrogen and oxygen atoms in total. The van der Waals surface area contributed by atoms with Gasteiger partial charge < -0.3 is 0 Å². The number of hydrogen-bond acceptors (Lipinski definition) is 2. The van der Waals surface area contributed by atoms with Crippen molar-refractivity contribution >= 4 is 11.6 Å². The lowest BCUT2D eigenvalue weighted by atomic mass is 10.2. The number of rotatable bonds is 2. The first-order valence-corrected chi connectivity index (χ1v) is 4.77. The van der Waals surface area contributed by atoms with Gasteiger partial charge >= 0.3 is 0 Å². The summed E-state index contributed by atoms with van der Waals surface area (Å²) in [7, 11) is 0. The van der Waals surface area contributed by atoms with E-state index in [1.807, 2.05) is 0 Å². The highest BCUT2D eigenvalue weighted by Gasteiger charge is 2.16. The van der Waals surface area contributed by atoms with Crippen LogP contribution in [0, 0.1) is 17.5 Å². The molecule has 2 rings (SSSR count). The van der Waals surface area contributed by atoms with Crippen LogP contribution in [0.15, 0.2) is 18.5 Å². The second-order valence-electron chi connectivity index (χ2n) is 2.95.